The van der Waals surface area contributed by atoms with E-state index < -0.39 is 5.97 Å². The van der Waals surface area contributed by atoms with Crippen LogP contribution < -0.4 is 14.8 Å². The van der Waals surface area contributed by atoms with Gasteiger partial charge in [0.15, 0.2) is 6.61 Å². The zero-order chi connectivity index (χ0) is 21.7. The van der Waals surface area contributed by atoms with Gasteiger partial charge in [0.2, 0.25) is 0 Å². The molecule has 1 N–H and O–H groups in total. The first-order valence-electron chi connectivity index (χ1n) is 8.78. The maximum absolute atomic E-state index is 12.4. The monoisotopic (exact) mass is 463 g/mol. The molecule has 0 fully saturated rings. The van der Waals surface area contributed by atoms with Gasteiger partial charge < -0.3 is 14.8 Å². The summed E-state index contributed by atoms with van der Waals surface area (Å²) in [6, 6.07) is 16.0. The second kappa shape index (κ2) is 9.85. The number of nitrogens with one attached hydrogen (secondary N) is 1. The molecule has 0 atom stereocenters. The highest BCUT2D eigenvalue weighted by Gasteiger charge is 2.11. The first-order chi connectivity index (χ1) is 14.3. The number of benzene rings is 3. The lowest BCUT2D eigenvalue weighted by atomic mass is 10.2. The smallest absolute Gasteiger partial charge is 0.349 e. The molecular formula is C22H16Cl3NO4. The van der Waals surface area contributed by atoms with Crippen LogP contribution in [0, 0.1) is 6.92 Å². The Morgan fingerprint density at radius 2 is 1.57 bits per heavy atom. The molecule has 0 saturated heterocycles. The van der Waals surface area contributed by atoms with E-state index in [1.165, 1.54) is 24.3 Å². The van der Waals surface area contributed by atoms with Gasteiger partial charge in [-0.05, 0) is 73.2 Å². The number of rotatable bonds is 6. The van der Waals surface area contributed by atoms with Crippen LogP contribution in [-0.4, -0.2) is 18.5 Å². The number of carbonyl (C=O) groups is 2. The minimum Gasteiger partial charge on any atom is -0.482 e. The SMILES string of the molecule is Cc1cc(Cl)ccc1OCC(=O)Oc1ccc(C(=O)Nc2cc(Cl)ccc2Cl)cc1. The number of aryl methyl sites for hydroxylation is 1. The molecule has 3 aromatic carbocycles. The molecule has 3 aromatic rings. The number of ether oxygens (including phenoxy) is 2. The van der Waals surface area contributed by atoms with Crippen LogP contribution in [0.3, 0.4) is 0 Å². The van der Waals surface area contributed by atoms with Crippen molar-refractivity contribution in [2.75, 3.05) is 11.9 Å². The maximum Gasteiger partial charge on any atom is 0.349 e. The molecule has 3 rings (SSSR count). The lowest BCUT2D eigenvalue weighted by molar-refractivity contribution is -0.136. The molecule has 154 valence electrons. The van der Waals surface area contributed by atoms with Crippen LogP contribution >= 0.6 is 34.8 Å². The Morgan fingerprint density at radius 1 is 0.900 bits per heavy atom. The zero-order valence-electron chi connectivity index (χ0n) is 15.7. The number of hydrogen-bond acceptors (Lipinski definition) is 4. The molecule has 0 saturated carbocycles. The summed E-state index contributed by atoms with van der Waals surface area (Å²) in [6.07, 6.45) is 0. The number of hydrogen-bond donors (Lipinski definition) is 1. The van der Waals surface area contributed by atoms with E-state index in [4.69, 9.17) is 44.3 Å². The third kappa shape index (κ3) is 5.89. The van der Waals surface area contributed by atoms with E-state index in [9.17, 15) is 9.59 Å². The molecule has 0 aliphatic rings. The highest BCUT2D eigenvalue weighted by atomic mass is 35.5. The van der Waals surface area contributed by atoms with E-state index in [0.29, 0.717) is 32.1 Å². The molecule has 0 aliphatic carbocycles. The van der Waals surface area contributed by atoms with Gasteiger partial charge in [0.25, 0.3) is 5.91 Å². The fourth-order valence-corrected chi connectivity index (χ4v) is 3.10. The predicted molar refractivity (Wildman–Crippen MR) is 118 cm³/mol. The Bertz CT molecular complexity index is 1080. The maximum atomic E-state index is 12.4. The third-order valence-corrected chi connectivity index (χ3v) is 4.81. The molecule has 0 aromatic heterocycles. The molecular weight excluding hydrogens is 449 g/mol. The van der Waals surface area contributed by atoms with Gasteiger partial charge in [-0.1, -0.05) is 34.8 Å². The van der Waals surface area contributed by atoms with Crippen molar-refractivity contribution in [2.45, 2.75) is 6.92 Å². The molecule has 0 spiro atoms. The normalized spacial score (nSPS) is 10.4. The molecule has 8 heteroatoms. The molecule has 0 aliphatic heterocycles. The summed E-state index contributed by atoms with van der Waals surface area (Å²) in [5.74, 6) is -0.123. The first-order valence-corrected chi connectivity index (χ1v) is 9.91. The summed E-state index contributed by atoms with van der Waals surface area (Å²) >= 11 is 17.9. The van der Waals surface area contributed by atoms with E-state index in [2.05, 4.69) is 5.32 Å². The largest absolute Gasteiger partial charge is 0.482 e. The number of carbonyl (C=O) groups excluding carboxylic acids is 2. The van der Waals surface area contributed by atoms with E-state index in [0.717, 1.165) is 5.56 Å². The Balaban J connectivity index is 1.56. The van der Waals surface area contributed by atoms with Crippen LogP contribution in [0.5, 0.6) is 11.5 Å². The van der Waals surface area contributed by atoms with Crippen molar-refractivity contribution in [3.8, 4) is 11.5 Å². The molecule has 0 radical (unpaired) electrons. The average molecular weight is 465 g/mol. The van der Waals surface area contributed by atoms with Crippen molar-refractivity contribution in [3.63, 3.8) is 0 Å². The van der Waals surface area contributed by atoms with Crippen LogP contribution in [-0.2, 0) is 4.79 Å². The second-order valence-corrected chi connectivity index (χ2v) is 7.56. The van der Waals surface area contributed by atoms with Crippen molar-refractivity contribution >= 4 is 52.4 Å². The summed E-state index contributed by atoms with van der Waals surface area (Å²) in [4.78, 5) is 24.4. The van der Waals surface area contributed by atoms with E-state index >= 15 is 0 Å². The van der Waals surface area contributed by atoms with Gasteiger partial charge in [0.1, 0.15) is 11.5 Å². The van der Waals surface area contributed by atoms with E-state index in [-0.39, 0.29) is 18.3 Å². The van der Waals surface area contributed by atoms with Gasteiger partial charge >= 0.3 is 5.97 Å². The topological polar surface area (TPSA) is 64.6 Å². The van der Waals surface area contributed by atoms with Gasteiger partial charge in [-0.25, -0.2) is 4.79 Å². The molecule has 5 nitrogen and oxygen atoms in total. The van der Waals surface area contributed by atoms with Crippen molar-refractivity contribution in [1.82, 2.24) is 0 Å². The van der Waals surface area contributed by atoms with Crippen molar-refractivity contribution in [3.05, 3.63) is 86.9 Å². The van der Waals surface area contributed by atoms with Crippen LogP contribution in [0.15, 0.2) is 60.7 Å². The number of esters is 1. The first kappa shape index (κ1) is 22.0. The van der Waals surface area contributed by atoms with Crippen molar-refractivity contribution in [2.24, 2.45) is 0 Å². The number of halogens is 3. The second-order valence-electron chi connectivity index (χ2n) is 6.28. The molecule has 30 heavy (non-hydrogen) atoms. The number of anilines is 1. The Hall–Kier alpha value is -2.73. The average Bonchev–Trinajstić information content (AvgIpc) is 2.70. The Kier molecular flexibility index (Phi) is 7.21. The van der Waals surface area contributed by atoms with Crippen molar-refractivity contribution < 1.29 is 19.1 Å². The van der Waals surface area contributed by atoms with Crippen LogP contribution in [0.1, 0.15) is 15.9 Å². The summed E-state index contributed by atoms with van der Waals surface area (Å²) in [7, 11) is 0. The molecule has 1 amide bonds. The minimum atomic E-state index is -0.577. The van der Waals surface area contributed by atoms with Crippen molar-refractivity contribution in [1.29, 1.82) is 0 Å². The highest BCUT2D eigenvalue weighted by Crippen LogP contribution is 2.26. The van der Waals surface area contributed by atoms with Gasteiger partial charge in [0.05, 0.1) is 10.7 Å². The quantitative estimate of drug-likeness (QED) is 0.349. The highest BCUT2D eigenvalue weighted by molar-refractivity contribution is 6.35. The summed E-state index contributed by atoms with van der Waals surface area (Å²) < 4.78 is 10.7. The third-order valence-electron chi connectivity index (χ3n) is 4.01. The predicted octanol–water partition coefficient (Wildman–Crippen LogP) is 6.19. The Morgan fingerprint density at radius 3 is 2.27 bits per heavy atom. The number of amides is 1. The lowest BCUT2D eigenvalue weighted by Crippen LogP contribution is -2.18. The van der Waals surface area contributed by atoms with Gasteiger partial charge in [-0.2, -0.15) is 0 Å². The van der Waals surface area contributed by atoms with Gasteiger partial charge in [-0.3, -0.25) is 4.79 Å². The molecule has 0 bridgehead atoms. The minimum absolute atomic E-state index is 0.266. The fourth-order valence-electron chi connectivity index (χ4n) is 2.53. The lowest BCUT2D eigenvalue weighted by Gasteiger charge is -2.10. The standard InChI is InChI=1S/C22H16Cl3NO4/c1-13-10-15(23)5-9-20(13)29-12-21(27)30-17-6-2-14(3-7-17)22(28)26-19-11-16(24)4-8-18(19)25/h2-11H,12H2,1H3,(H,26,28). The van der Waals surface area contributed by atoms with Crippen LogP contribution in [0.25, 0.3) is 0 Å². The summed E-state index contributed by atoms with van der Waals surface area (Å²) in [5, 5.41) is 4.09. The van der Waals surface area contributed by atoms with E-state index in [1.54, 1.807) is 36.4 Å². The van der Waals surface area contributed by atoms with Gasteiger partial charge in [0, 0.05) is 15.6 Å². The van der Waals surface area contributed by atoms with Crippen LogP contribution in [0.2, 0.25) is 15.1 Å². The molecule has 0 heterocycles. The summed E-state index contributed by atoms with van der Waals surface area (Å²) in [6.45, 7) is 1.56. The zero-order valence-corrected chi connectivity index (χ0v) is 18.0. The van der Waals surface area contributed by atoms with Gasteiger partial charge in [-0.15, -0.1) is 0 Å². The molecule has 0 unspecified atom stereocenters. The fraction of sp³-hybridized carbons (Fsp3) is 0.0909. The van der Waals surface area contributed by atoms with Crippen LogP contribution in [0.4, 0.5) is 5.69 Å². The van der Waals surface area contributed by atoms with E-state index in [1.807, 2.05) is 6.92 Å². The summed E-state index contributed by atoms with van der Waals surface area (Å²) in [5.41, 5.74) is 1.57. The Labute approximate surface area is 188 Å².